The van der Waals surface area contributed by atoms with Gasteiger partial charge in [-0.1, -0.05) is 19.8 Å². The van der Waals surface area contributed by atoms with Gasteiger partial charge in [0.05, 0.1) is 6.54 Å². The van der Waals surface area contributed by atoms with Crippen LogP contribution in [0.4, 0.5) is 11.4 Å². The van der Waals surface area contributed by atoms with Gasteiger partial charge in [0.2, 0.25) is 5.91 Å². The molecule has 1 aliphatic rings. The summed E-state index contributed by atoms with van der Waals surface area (Å²) < 4.78 is 0. The number of nitrogens with two attached hydrogens (primary N) is 1. The number of hydrogen-bond acceptors (Lipinski definition) is 3. The van der Waals surface area contributed by atoms with E-state index in [1.54, 1.807) is 0 Å². The average Bonchev–Trinajstić information content (AvgIpc) is 2.77. The van der Waals surface area contributed by atoms with Crippen LogP contribution in [0.3, 0.4) is 0 Å². The Morgan fingerprint density at radius 3 is 2.33 bits per heavy atom. The Kier molecular flexibility index (Phi) is 5.90. The first-order valence-corrected chi connectivity index (χ1v) is 8.09. The monoisotopic (exact) mass is 289 g/mol. The molecule has 1 saturated heterocycles. The third-order valence-corrected chi connectivity index (χ3v) is 4.04. The molecule has 0 aliphatic carbocycles. The second-order valence-electron chi connectivity index (χ2n) is 5.81. The fourth-order valence-electron chi connectivity index (χ4n) is 2.84. The standard InChI is InChI=1S/C17H27N3O/c1-2-11-20(16-9-7-15(18)8-10-16)14-17(21)19-12-5-3-4-6-13-19/h7-10H,2-6,11-14,18H2,1H3. The molecule has 1 amide bonds. The molecule has 1 aromatic rings. The molecule has 116 valence electrons. The van der Waals surface area contributed by atoms with E-state index in [0.29, 0.717) is 6.54 Å². The number of benzene rings is 1. The molecular formula is C17H27N3O. The maximum absolute atomic E-state index is 12.5. The Balaban J connectivity index is 2.01. The Morgan fingerprint density at radius 2 is 1.76 bits per heavy atom. The van der Waals surface area contributed by atoms with Gasteiger partial charge >= 0.3 is 0 Å². The third-order valence-electron chi connectivity index (χ3n) is 4.04. The van der Waals surface area contributed by atoms with E-state index >= 15 is 0 Å². The second-order valence-corrected chi connectivity index (χ2v) is 5.81. The first-order chi connectivity index (χ1) is 10.2. The van der Waals surface area contributed by atoms with Gasteiger partial charge in [-0.15, -0.1) is 0 Å². The maximum atomic E-state index is 12.5. The average molecular weight is 289 g/mol. The van der Waals surface area contributed by atoms with Crippen molar-refractivity contribution in [2.45, 2.75) is 39.0 Å². The van der Waals surface area contributed by atoms with E-state index in [1.807, 2.05) is 29.2 Å². The number of carbonyl (C=O) groups excluding carboxylic acids is 1. The molecule has 0 saturated carbocycles. The van der Waals surface area contributed by atoms with Crippen molar-refractivity contribution in [2.24, 2.45) is 0 Å². The number of amides is 1. The molecule has 1 heterocycles. The van der Waals surface area contributed by atoms with Gasteiger partial charge in [0.15, 0.2) is 0 Å². The van der Waals surface area contributed by atoms with Crippen LogP contribution in [0.5, 0.6) is 0 Å². The SMILES string of the molecule is CCCN(CC(=O)N1CCCCCC1)c1ccc(N)cc1. The van der Waals surface area contributed by atoms with Gasteiger partial charge in [-0.05, 0) is 43.5 Å². The number of anilines is 2. The van der Waals surface area contributed by atoms with Crippen LogP contribution in [0.15, 0.2) is 24.3 Å². The molecule has 1 fully saturated rings. The van der Waals surface area contributed by atoms with Gasteiger partial charge in [0.25, 0.3) is 0 Å². The Morgan fingerprint density at radius 1 is 1.14 bits per heavy atom. The summed E-state index contributed by atoms with van der Waals surface area (Å²) in [6, 6.07) is 7.80. The Hall–Kier alpha value is -1.71. The van der Waals surface area contributed by atoms with Crippen molar-refractivity contribution in [1.82, 2.24) is 4.90 Å². The Bertz CT molecular complexity index is 436. The fraction of sp³-hybridized carbons (Fsp3) is 0.588. The summed E-state index contributed by atoms with van der Waals surface area (Å²) in [5.74, 6) is 0.252. The predicted octanol–water partition coefficient (Wildman–Crippen LogP) is 2.89. The maximum Gasteiger partial charge on any atom is 0.242 e. The smallest absolute Gasteiger partial charge is 0.242 e. The minimum Gasteiger partial charge on any atom is -0.399 e. The number of carbonyl (C=O) groups is 1. The molecule has 4 nitrogen and oxygen atoms in total. The fourth-order valence-corrected chi connectivity index (χ4v) is 2.84. The van der Waals surface area contributed by atoms with Crippen molar-refractivity contribution < 1.29 is 4.79 Å². The lowest BCUT2D eigenvalue weighted by atomic mass is 10.2. The summed E-state index contributed by atoms with van der Waals surface area (Å²) in [5.41, 5.74) is 7.58. The lowest BCUT2D eigenvalue weighted by Gasteiger charge is -2.28. The van der Waals surface area contributed by atoms with Crippen LogP contribution in [-0.2, 0) is 4.79 Å². The van der Waals surface area contributed by atoms with Gasteiger partial charge in [-0.25, -0.2) is 0 Å². The van der Waals surface area contributed by atoms with Crippen molar-refractivity contribution in [1.29, 1.82) is 0 Å². The number of hydrogen-bond donors (Lipinski definition) is 1. The zero-order valence-electron chi connectivity index (χ0n) is 13.1. The lowest BCUT2D eigenvalue weighted by Crippen LogP contribution is -2.41. The lowest BCUT2D eigenvalue weighted by molar-refractivity contribution is -0.129. The molecule has 0 radical (unpaired) electrons. The van der Waals surface area contributed by atoms with E-state index in [4.69, 9.17) is 5.73 Å². The summed E-state index contributed by atoms with van der Waals surface area (Å²) in [6.07, 6.45) is 5.81. The summed E-state index contributed by atoms with van der Waals surface area (Å²) in [6.45, 7) is 5.34. The van der Waals surface area contributed by atoms with Crippen molar-refractivity contribution in [3.8, 4) is 0 Å². The van der Waals surface area contributed by atoms with E-state index in [-0.39, 0.29) is 5.91 Å². The van der Waals surface area contributed by atoms with E-state index < -0.39 is 0 Å². The highest BCUT2D eigenvalue weighted by atomic mass is 16.2. The largest absolute Gasteiger partial charge is 0.399 e. The molecule has 0 atom stereocenters. The van der Waals surface area contributed by atoms with Gasteiger partial charge in [-0.2, -0.15) is 0 Å². The normalized spacial score (nSPS) is 15.6. The first kappa shape index (κ1) is 15.7. The molecule has 1 aromatic carbocycles. The van der Waals surface area contributed by atoms with Crippen LogP contribution in [0.25, 0.3) is 0 Å². The van der Waals surface area contributed by atoms with Crippen molar-refractivity contribution in [2.75, 3.05) is 36.8 Å². The molecule has 0 bridgehead atoms. The zero-order chi connectivity index (χ0) is 15.1. The minimum absolute atomic E-state index is 0.252. The van der Waals surface area contributed by atoms with Crippen molar-refractivity contribution >= 4 is 17.3 Å². The highest BCUT2D eigenvalue weighted by molar-refractivity contribution is 5.81. The van der Waals surface area contributed by atoms with Gasteiger partial charge in [0, 0.05) is 31.0 Å². The van der Waals surface area contributed by atoms with Gasteiger partial charge < -0.3 is 15.5 Å². The second kappa shape index (κ2) is 7.91. The molecule has 1 aliphatic heterocycles. The quantitative estimate of drug-likeness (QED) is 0.848. The van der Waals surface area contributed by atoms with E-state index in [0.717, 1.165) is 50.3 Å². The summed E-state index contributed by atoms with van der Waals surface area (Å²) in [7, 11) is 0. The van der Waals surface area contributed by atoms with Crippen LogP contribution >= 0.6 is 0 Å². The summed E-state index contributed by atoms with van der Waals surface area (Å²) in [5, 5.41) is 0. The molecule has 0 aromatic heterocycles. The highest BCUT2D eigenvalue weighted by Crippen LogP contribution is 2.17. The molecule has 2 N–H and O–H groups in total. The molecule has 0 spiro atoms. The van der Waals surface area contributed by atoms with Crippen molar-refractivity contribution in [3.63, 3.8) is 0 Å². The van der Waals surface area contributed by atoms with Crippen LogP contribution < -0.4 is 10.6 Å². The number of rotatable bonds is 5. The zero-order valence-corrected chi connectivity index (χ0v) is 13.1. The van der Waals surface area contributed by atoms with Crippen LogP contribution in [-0.4, -0.2) is 37.0 Å². The molecule has 21 heavy (non-hydrogen) atoms. The van der Waals surface area contributed by atoms with Crippen LogP contribution in [0, 0.1) is 0 Å². The first-order valence-electron chi connectivity index (χ1n) is 8.09. The minimum atomic E-state index is 0.252. The number of likely N-dealkylation sites (tertiary alicyclic amines) is 1. The highest BCUT2D eigenvalue weighted by Gasteiger charge is 2.18. The summed E-state index contributed by atoms with van der Waals surface area (Å²) in [4.78, 5) is 16.7. The topological polar surface area (TPSA) is 49.6 Å². The molecule has 0 unspecified atom stereocenters. The van der Waals surface area contributed by atoms with Gasteiger partial charge in [-0.3, -0.25) is 4.79 Å². The number of nitrogen functional groups attached to an aromatic ring is 1. The molecule has 2 rings (SSSR count). The Labute approximate surface area is 127 Å². The van der Waals surface area contributed by atoms with E-state index in [2.05, 4.69) is 11.8 Å². The van der Waals surface area contributed by atoms with E-state index in [9.17, 15) is 4.79 Å². The predicted molar refractivity (Wildman–Crippen MR) is 88.4 cm³/mol. The third kappa shape index (κ3) is 4.66. The number of nitrogens with zero attached hydrogens (tertiary/aromatic N) is 2. The molecular weight excluding hydrogens is 262 g/mol. The molecule has 4 heteroatoms. The van der Waals surface area contributed by atoms with Gasteiger partial charge in [0.1, 0.15) is 0 Å². The summed E-state index contributed by atoms with van der Waals surface area (Å²) >= 11 is 0. The van der Waals surface area contributed by atoms with Crippen molar-refractivity contribution in [3.05, 3.63) is 24.3 Å². The van der Waals surface area contributed by atoms with E-state index in [1.165, 1.54) is 12.8 Å². The van der Waals surface area contributed by atoms with Crippen LogP contribution in [0.1, 0.15) is 39.0 Å². The van der Waals surface area contributed by atoms with Crippen LogP contribution in [0.2, 0.25) is 0 Å².